The number of phenols is 1. The summed E-state index contributed by atoms with van der Waals surface area (Å²) in [5, 5.41) is 44.9. The van der Waals surface area contributed by atoms with Crippen molar-refractivity contribution in [1.82, 2.24) is 4.90 Å². The summed E-state index contributed by atoms with van der Waals surface area (Å²) in [6.07, 6.45) is 0.0139. The Morgan fingerprint density at radius 2 is 1.70 bits per heavy atom. The topological polar surface area (TPSA) is 161 Å². The van der Waals surface area contributed by atoms with Crippen LogP contribution < -0.4 is 5.73 Å². The fourth-order valence-electron chi connectivity index (χ4n) is 6.42. The minimum Gasteiger partial charge on any atom is -0.510 e. The predicted octanol–water partition coefficient (Wildman–Crippen LogP) is 2.02. The van der Waals surface area contributed by atoms with Crippen molar-refractivity contribution >= 4 is 17.5 Å². The summed E-state index contributed by atoms with van der Waals surface area (Å²) in [6, 6.07) is 11.3. The van der Waals surface area contributed by atoms with Gasteiger partial charge in [-0.15, -0.1) is 0 Å². The van der Waals surface area contributed by atoms with Gasteiger partial charge in [0.15, 0.2) is 11.4 Å². The molecule has 0 bridgehead atoms. The third kappa shape index (κ3) is 3.27. The number of benzene rings is 2. The van der Waals surface area contributed by atoms with Gasteiger partial charge >= 0.3 is 0 Å². The zero-order chi connectivity index (χ0) is 27.0. The third-order valence-electron chi connectivity index (χ3n) is 8.05. The van der Waals surface area contributed by atoms with Crippen molar-refractivity contribution in [1.29, 1.82) is 0 Å². The molecule has 9 heteroatoms. The van der Waals surface area contributed by atoms with E-state index >= 15 is 0 Å². The van der Waals surface area contributed by atoms with Crippen molar-refractivity contribution in [2.45, 2.75) is 30.9 Å². The number of Topliss-reactive ketones (excluding diaryl/α,β-unsaturated/α-hetero) is 2. The number of aryl methyl sites for hydroxylation is 1. The van der Waals surface area contributed by atoms with Crippen LogP contribution in [0, 0.1) is 18.8 Å². The number of carbonyl (C=O) groups is 3. The number of aliphatic hydroxyl groups excluding tert-OH is 2. The number of hydrogen-bond acceptors (Lipinski definition) is 8. The summed E-state index contributed by atoms with van der Waals surface area (Å²) in [5.74, 6) is -7.29. The van der Waals surface area contributed by atoms with Crippen LogP contribution >= 0.6 is 0 Å². The van der Waals surface area contributed by atoms with Gasteiger partial charge < -0.3 is 26.2 Å². The van der Waals surface area contributed by atoms with Crippen molar-refractivity contribution in [3.63, 3.8) is 0 Å². The Morgan fingerprint density at radius 3 is 2.30 bits per heavy atom. The first-order valence-electron chi connectivity index (χ1n) is 11.9. The highest BCUT2D eigenvalue weighted by Crippen LogP contribution is 2.56. The van der Waals surface area contributed by atoms with Gasteiger partial charge in [-0.2, -0.15) is 0 Å². The molecule has 0 saturated heterocycles. The molecule has 192 valence electrons. The van der Waals surface area contributed by atoms with Crippen molar-refractivity contribution < 1.29 is 34.8 Å². The van der Waals surface area contributed by atoms with E-state index in [-0.39, 0.29) is 23.3 Å². The van der Waals surface area contributed by atoms with Gasteiger partial charge in [0.05, 0.1) is 11.6 Å². The lowest BCUT2D eigenvalue weighted by molar-refractivity contribution is -0.148. The Morgan fingerprint density at radius 1 is 1.05 bits per heavy atom. The molecule has 5 atom stereocenters. The molecular formula is C28H28N2O7. The molecule has 0 fully saturated rings. The van der Waals surface area contributed by atoms with E-state index in [0.29, 0.717) is 5.56 Å². The van der Waals surface area contributed by atoms with E-state index < -0.39 is 64.0 Å². The normalized spacial score (nSPS) is 29.2. The van der Waals surface area contributed by atoms with Crippen molar-refractivity contribution in [3.8, 4) is 5.75 Å². The molecule has 5 rings (SSSR count). The molecule has 3 aliphatic carbocycles. The monoisotopic (exact) mass is 504 g/mol. The van der Waals surface area contributed by atoms with E-state index in [1.807, 2.05) is 31.2 Å². The SMILES string of the molecule is Cc1ccc([C@H]2c3cccc(O)c3C(=O)C3=C(O)[C@]4(O)C(=O)C(C(N)=O)=C(O)[C@@H](N(C)C)[C@@H]4C[C@@H]32)cc1. The number of hydrogen-bond donors (Lipinski definition) is 5. The van der Waals surface area contributed by atoms with Crippen LogP contribution in [0.2, 0.25) is 0 Å². The molecule has 3 aliphatic rings. The second-order valence-corrected chi connectivity index (χ2v) is 10.3. The first-order valence-corrected chi connectivity index (χ1v) is 11.9. The second-order valence-electron chi connectivity index (χ2n) is 10.3. The number of rotatable bonds is 3. The van der Waals surface area contributed by atoms with Gasteiger partial charge in [-0.25, -0.2) is 0 Å². The number of aromatic hydroxyl groups is 1. The summed E-state index contributed by atoms with van der Waals surface area (Å²) in [4.78, 5) is 40.9. The van der Waals surface area contributed by atoms with Crippen LogP contribution in [0.15, 0.2) is 65.1 Å². The summed E-state index contributed by atoms with van der Waals surface area (Å²) in [6.45, 7) is 1.94. The zero-order valence-electron chi connectivity index (χ0n) is 20.6. The fraction of sp³-hybridized carbons (Fsp3) is 0.321. The van der Waals surface area contributed by atoms with Gasteiger partial charge in [0.2, 0.25) is 5.78 Å². The quantitative estimate of drug-likeness (QED) is 0.397. The van der Waals surface area contributed by atoms with E-state index in [1.165, 1.54) is 11.0 Å². The van der Waals surface area contributed by atoms with Crippen LogP contribution in [0.1, 0.15) is 39.4 Å². The first kappa shape index (κ1) is 24.7. The second kappa shape index (κ2) is 8.29. The van der Waals surface area contributed by atoms with E-state index in [2.05, 4.69) is 0 Å². The number of nitrogens with zero attached hydrogens (tertiary/aromatic N) is 1. The number of likely N-dealkylation sites (N-methyl/N-ethyl adjacent to an activating group) is 1. The molecule has 2 aromatic rings. The highest BCUT2D eigenvalue weighted by molar-refractivity contribution is 6.24. The number of phenolic OH excluding ortho intramolecular Hbond substituents is 1. The summed E-state index contributed by atoms with van der Waals surface area (Å²) in [5.41, 5.74) is 4.06. The van der Waals surface area contributed by atoms with Crippen LogP contribution in [-0.4, -0.2) is 68.5 Å². The molecular weight excluding hydrogens is 476 g/mol. The van der Waals surface area contributed by atoms with Crippen LogP contribution in [0.25, 0.3) is 0 Å². The third-order valence-corrected chi connectivity index (χ3v) is 8.05. The van der Waals surface area contributed by atoms with E-state index in [9.17, 15) is 34.8 Å². The molecule has 0 saturated carbocycles. The maximum Gasteiger partial charge on any atom is 0.255 e. The molecule has 2 aromatic carbocycles. The van der Waals surface area contributed by atoms with Crippen LogP contribution in [0.5, 0.6) is 5.75 Å². The standard InChI is InChI=1S/C28H28N2O7/c1-12-7-9-13(10-8-12)18-14-5-4-6-17(31)19(14)23(32)20-15(18)11-16-22(30(2)3)24(33)21(27(29)36)26(35)28(16,37)25(20)34/h4-10,15-16,18,22,31,33-34,37H,11H2,1-3H3,(H2,29,36)/t15-,16+,18+,22+,28+/m1/s1. The number of nitrogens with two attached hydrogens (primary N) is 1. The molecule has 0 spiro atoms. The molecule has 0 aliphatic heterocycles. The molecule has 0 aromatic heterocycles. The number of carbonyl (C=O) groups excluding carboxylic acids is 3. The van der Waals surface area contributed by atoms with E-state index in [1.54, 1.807) is 26.2 Å². The maximum atomic E-state index is 13.8. The molecule has 0 unspecified atom stereocenters. The van der Waals surface area contributed by atoms with E-state index in [0.717, 1.165) is 11.1 Å². The molecule has 0 heterocycles. The largest absolute Gasteiger partial charge is 0.510 e. The first-order chi connectivity index (χ1) is 17.4. The average molecular weight is 505 g/mol. The smallest absolute Gasteiger partial charge is 0.255 e. The van der Waals surface area contributed by atoms with Crippen molar-refractivity contribution in [2.75, 3.05) is 14.1 Å². The number of allylic oxidation sites excluding steroid dienone is 1. The van der Waals surface area contributed by atoms with Crippen LogP contribution in [0.3, 0.4) is 0 Å². The summed E-state index contributed by atoms with van der Waals surface area (Å²) >= 11 is 0. The lowest BCUT2D eigenvalue weighted by atomic mass is 9.55. The number of amides is 1. The Hall–Kier alpha value is -3.95. The molecule has 1 amide bonds. The fourth-order valence-corrected chi connectivity index (χ4v) is 6.42. The lowest BCUT2D eigenvalue weighted by Gasteiger charge is -2.51. The Labute approximate surface area is 213 Å². The Bertz CT molecular complexity index is 1420. The molecule has 0 radical (unpaired) electrons. The van der Waals surface area contributed by atoms with Crippen molar-refractivity contribution in [2.24, 2.45) is 17.6 Å². The van der Waals surface area contributed by atoms with Crippen molar-refractivity contribution in [3.05, 3.63) is 87.4 Å². The summed E-state index contributed by atoms with van der Waals surface area (Å²) in [7, 11) is 3.20. The highest BCUT2D eigenvalue weighted by Gasteiger charge is 2.64. The van der Waals surface area contributed by atoms with Gasteiger partial charge in [-0.1, -0.05) is 42.0 Å². The number of aliphatic hydroxyl groups is 3. The Balaban J connectivity index is 1.82. The van der Waals surface area contributed by atoms with Gasteiger partial charge in [-0.3, -0.25) is 19.3 Å². The summed E-state index contributed by atoms with van der Waals surface area (Å²) < 4.78 is 0. The highest BCUT2D eigenvalue weighted by atomic mass is 16.3. The minimum atomic E-state index is -2.67. The van der Waals surface area contributed by atoms with Crippen LogP contribution in [0.4, 0.5) is 0 Å². The van der Waals surface area contributed by atoms with Gasteiger partial charge in [-0.05, 0) is 44.6 Å². The van der Waals surface area contributed by atoms with Gasteiger partial charge in [0.25, 0.3) is 5.91 Å². The van der Waals surface area contributed by atoms with Gasteiger partial charge in [0, 0.05) is 23.3 Å². The molecule has 37 heavy (non-hydrogen) atoms. The lowest BCUT2D eigenvalue weighted by Crippen LogP contribution is -2.64. The minimum absolute atomic E-state index is 0.0139. The Kier molecular flexibility index (Phi) is 5.54. The number of ketones is 2. The number of primary amides is 1. The average Bonchev–Trinajstić information content (AvgIpc) is 2.82. The van der Waals surface area contributed by atoms with Crippen LogP contribution in [-0.2, 0) is 9.59 Å². The maximum absolute atomic E-state index is 13.8. The number of fused-ring (bicyclic) bond motifs is 3. The van der Waals surface area contributed by atoms with Gasteiger partial charge in [0.1, 0.15) is 22.8 Å². The zero-order valence-corrected chi connectivity index (χ0v) is 20.6. The predicted molar refractivity (Wildman–Crippen MR) is 133 cm³/mol. The van der Waals surface area contributed by atoms with E-state index in [4.69, 9.17) is 5.73 Å². The molecule has 9 nitrogen and oxygen atoms in total. The molecule has 6 N–H and O–H groups in total.